The van der Waals surface area contributed by atoms with Crippen LogP contribution in [0.3, 0.4) is 0 Å². The summed E-state index contributed by atoms with van der Waals surface area (Å²) in [7, 11) is 1.58. The van der Waals surface area contributed by atoms with Gasteiger partial charge in [0.1, 0.15) is 5.75 Å². The third-order valence-electron chi connectivity index (χ3n) is 3.77. The lowest BCUT2D eigenvalue weighted by atomic mass is 9.99. The lowest BCUT2D eigenvalue weighted by molar-refractivity contribution is -0.142. The molecule has 0 spiro atoms. The molecule has 0 aromatic heterocycles. The molecule has 5 heteroatoms. The first kappa shape index (κ1) is 14.4. The van der Waals surface area contributed by atoms with Gasteiger partial charge in [0.15, 0.2) is 0 Å². The zero-order valence-corrected chi connectivity index (χ0v) is 11.7. The van der Waals surface area contributed by atoms with Crippen LogP contribution < -0.4 is 4.74 Å². The number of hydrogen-bond donors (Lipinski definition) is 1. The fraction of sp³-hybridized carbons (Fsp3) is 0.467. The number of amides is 1. The number of aliphatic carboxylic acids is 1. The van der Waals surface area contributed by atoms with E-state index in [0.717, 1.165) is 5.56 Å². The molecule has 20 heavy (non-hydrogen) atoms. The van der Waals surface area contributed by atoms with E-state index in [0.29, 0.717) is 18.8 Å². The summed E-state index contributed by atoms with van der Waals surface area (Å²) < 4.78 is 5.12. The van der Waals surface area contributed by atoms with Crippen LogP contribution in [0, 0.1) is 11.8 Å². The predicted octanol–water partition coefficient (Wildman–Crippen LogP) is 1.42. The molecule has 1 aromatic carbocycles. The second-order valence-corrected chi connectivity index (χ2v) is 5.25. The van der Waals surface area contributed by atoms with Crippen molar-refractivity contribution >= 4 is 11.9 Å². The van der Waals surface area contributed by atoms with Crippen molar-refractivity contribution in [3.63, 3.8) is 0 Å². The molecular weight excluding hydrogens is 258 g/mol. The normalized spacial score (nSPS) is 21.8. The van der Waals surface area contributed by atoms with Crippen molar-refractivity contribution in [2.45, 2.75) is 13.3 Å². The lowest BCUT2D eigenvalue weighted by Crippen LogP contribution is -2.31. The van der Waals surface area contributed by atoms with Crippen molar-refractivity contribution in [1.29, 1.82) is 0 Å². The monoisotopic (exact) mass is 277 g/mol. The first-order valence-electron chi connectivity index (χ1n) is 6.64. The van der Waals surface area contributed by atoms with Gasteiger partial charge in [-0.1, -0.05) is 19.1 Å². The fourth-order valence-electron chi connectivity index (χ4n) is 2.56. The SMILES string of the molecule is COc1cccc(CC(=O)N2CC(C)C(C(=O)O)C2)c1. The predicted molar refractivity (Wildman–Crippen MR) is 73.6 cm³/mol. The van der Waals surface area contributed by atoms with E-state index >= 15 is 0 Å². The molecule has 0 radical (unpaired) electrons. The number of likely N-dealkylation sites (tertiary alicyclic amines) is 1. The number of hydrogen-bond acceptors (Lipinski definition) is 3. The van der Waals surface area contributed by atoms with E-state index < -0.39 is 11.9 Å². The van der Waals surface area contributed by atoms with Gasteiger partial charge in [0.25, 0.3) is 0 Å². The first-order valence-corrected chi connectivity index (χ1v) is 6.64. The Morgan fingerprint density at radius 2 is 2.15 bits per heavy atom. The van der Waals surface area contributed by atoms with Crippen molar-refractivity contribution in [1.82, 2.24) is 4.90 Å². The number of ether oxygens (including phenoxy) is 1. The molecule has 1 aliphatic rings. The van der Waals surface area contributed by atoms with Gasteiger partial charge in [-0.15, -0.1) is 0 Å². The number of benzene rings is 1. The highest BCUT2D eigenvalue weighted by molar-refractivity contribution is 5.81. The van der Waals surface area contributed by atoms with E-state index in [1.807, 2.05) is 31.2 Å². The molecule has 108 valence electrons. The third kappa shape index (κ3) is 3.10. The summed E-state index contributed by atoms with van der Waals surface area (Å²) in [5, 5.41) is 9.09. The zero-order valence-electron chi connectivity index (χ0n) is 11.7. The number of nitrogens with zero attached hydrogens (tertiary/aromatic N) is 1. The zero-order chi connectivity index (χ0) is 14.7. The minimum Gasteiger partial charge on any atom is -0.497 e. The van der Waals surface area contributed by atoms with Gasteiger partial charge >= 0.3 is 5.97 Å². The highest BCUT2D eigenvalue weighted by atomic mass is 16.5. The molecule has 1 heterocycles. The molecule has 0 bridgehead atoms. The molecule has 1 aromatic rings. The van der Waals surface area contributed by atoms with Crippen LogP contribution in [0.4, 0.5) is 0 Å². The fourth-order valence-corrected chi connectivity index (χ4v) is 2.56. The van der Waals surface area contributed by atoms with E-state index in [1.165, 1.54) is 0 Å². The molecule has 2 rings (SSSR count). The largest absolute Gasteiger partial charge is 0.497 e. The van der Waals surface area contributed by atoms with Crippen LogP contribution in [-0.4, -0.2) is 42.1 Å². The van der Waals surface area contributed by atoms with Crippen molar-refractivity contribution in [3.8, 4) is 5.75 Å². The first-order chi connectivity index (χ1) is 9.51. The Kier molecular flexibility index (Phi) is 4.27. The van der Waals surface area contributed by atoms with Crippen molar-refractivity contribution in [3.05, 3.63) is 29.8 Å². The second-order valence-electron chi connectivity index (χ2n) is 5.25. The van der Waals surface area contributed by atoms with Crippen LogP contribution in [0.25, 0.3) is 0 Å². The molecule has 1 fully saturated rings. The summed E-state index contributed by atoms with van der Waals surface area (Å²) >= 11 is 0. The van der Waals surface area contributed by atoms with Crippen LogP contribution in [0.15, 0.2) is 24.3 Å². The van der Waals surface area contributed by atoms with Crippen LogP contribution in [0.2, 0.25) is 0 Å². The number of carbonyl (C=O) groups is 2. The van der Waals surface area contributed by atoms with E-state index in [9.17, 15) is 9.59 Å². The third-order valence-corrected chi connectivity index (χ3v) is 3.77. The Balaban J connectivity index is 2.00. The van der Waals surface area contributed by atoms with Crippen LogP contribution >= 0.6 is 0 Å². The van der Waals surface area contributed by atoms with Crippen molar-refractivity contribution in [2.24, 2.45) is 11.8 Å². The van der Waals surface area contributed by atoms with Gasteiger partial charge in [0.2, 0.25) is 5.91 Å². The summed E-state index contributed by atoms with van der Waals surface area (Å²) in [6.45, 7) is 2.69. The van der Waals surface area contributed by atoms with Crippen LogP contribution in [0.5, 0.6) is 5.75 Å². The van der Waals surface area contributed by atoms with Gasteiger partial charge in [-0.2, -0.15) is 0 Å². The maximum atomic E-state index is 12.2. The Morgan fingerprint density at radius 1 is 1.40 bits per heavy atom. The summed E-state index contributed by atoms with van der Waals surface area (Å²) in [4.78, 5) is 24.9. The highest BCUT2D eigenvalue weighted by Gasteiger charge is 2.36. The Labute approximate surface area is 118 Å². The summed E-state index contributed by atoms with van der Waals surface area (Å²) in [5.74, 6) is -0.595. The topological polar surface area (TPSA) is 66.8 Å². The van der Waals surface area contributed by atoms with Crippen molar-refractivity contribution in [2.75, 3.05) is 20.2 Å². The second kappa shape index (κ2) is 5.94. The summed E-state index contributed by atoms with van der Waals surface area (Å²) in [6, 6.07) is 7.36. The van der Waals surface area contributed by atoms with Gasteiger partial charge in [-0.25, -0.2) is 0 Å². The quantitative estimate of drug-likeness (QED) is 0.903. The Bertz CT molecular complexity index is 514. The molecule has 1 aliphatic heterocycles. The lowest BCUT2D eigenvalue weighted by Gasteiger charge is -2.16. The van der Waals surface area contributed by atoms with E-state index in [1.54, 1.807) is 12.0 Å². The van der Waals surface area contributed by atoms with Gasteiger partial charge in [-0.3, -0.25) is 9.59 Å². The smallest absolute Gasteiger partial charge is 0.308 e. The Morgan fingerprint density at radius 3 is 2.75 bits per heavy atom. The number of methoxy groups -OCH3 is 1. The molecule has 1 saturated heterocycles. The number of carboxylic acids is 1. The minimum atomic E-state index is -0.825. The molecule has 0 saturated carbocycles. The van der Waals surface area contributed by atoms with Crippen LogP contribution in [0.1, 0.15) is 12.5 Å². The van der Waals surface area contributed by atoms with E-state index in [4.69, 9.17) is 9.84 Å². The number of carbonyl (C=O) groups excluding carboxylic acids is 1. The van der Waals surface area contributed by atoms with Crippen LogP contribution in [-0.2, 0) is 16.0 Å². The number of carboxylic acid groups (broad SMARTS) is 1. The minimum absolute atomic E-state index is 0.00163. The summed E-state index contributed by atoms with van der Waals surface area (Å²) in [6.07, 6.45) is 0.274. The molecule has 2 atom stereocenters. The maximum absolute atomic E-state index is 12.2. The van der Waals surface area contributed by atoms with E-state index in [-0.39, 0.29) is 18.2 Å². The number of rotatable bonds is 4. The molecular formula is C15H19NO4. The van der Waals surface area contributed by atoms with Gasteiger partial charge in [-0.05, 0) is 23.6 Å². The average molecular weight is 277 g/mol. The summed E-state index contributed by atoms with van der Waals surface area (Å²) in [5.41, 5.74) is 0.876. The molecule has 0 aliphatic carbocycles. The average Bonchev–Trinajstić information content (AvgIpc) is 2.81. The molecule has 2 unspecified atom stereocenters. The molecule has 1 N–H and O–H groups in total. The molecule has 5 nitrogen and oxygen atoms in total. The molecule has 1 amide bonds. The highest BCUT2D eigenvalue weighted by Crippen LogP contribution is 2.24. The maximum Gasteiger partial charge on any atom is 0.308 e. The van der Waals surface area contributed by atoms with Crippen molar-refractivity contribution < 1.29 is 19.4 Å². The standard InChI is InChI=1S/C15H19NO4/c1-10-8-16(9-13(10)15(18)19)14(17)7-11-4-3-5-12(6-11)20-2/h3-6,10,13H,7-9H2,1-2H3,(H,18,19). The van der Waals surface area contributed by atoms with Gasteiger partial charge in [0.05, 0.1) is 19.4 Å². The van der Waals surface area contributed by atoms with E-state index in [2.05, 4.69) is 0 Å². The van der Waals surface area contributed by atoms with Gasteiger partial charge < -0.3 is 14.7 Å². The van der Waals surface area contributed by atoms with Gasteiger partial charge in [0, 0.05) is 13.1 Å². The Hall–Kier alpha value is -2.04.